The normalized spacial score (nSPS) is 12.9. The van der Waals surface area contributed by atoms with Gasteiger partial charge in [0.25, 0.3) is 0 Å². The van der Waals surface area contributed by atoms with Crippen molar-refractivity contribution in [2.24, 2.45) is 0 Å². The van der Waals surface area contributed by atoms with Gasteiger partial charge in [0.1, 0.15) is 12.2 Å². The van der Waals surface area contributed by atoms with Gasteiger partial charge in [0.15, 0.2) is 0 Å². The van der Waals surface area contributed by atoms with E-state index in [9.17, 15) is 5.11 Å². The molecule has 0 saturated heterocycles. The number of rotatable bonds is 4. The number of hydrogen-bond donors (Lipinski definition) is 1. The number of halogens is 1. The minimum absolute atomic E-state index is 0.463. The molecule has 0 amide bonds. The van der Waals surface area contributed by atoms with E-state index in [4.69, 9.17) is 11.6 Å². The molecule has 0 aliphatic heterocycles. The number of aliphatic hydroxyl groups excluding tert-OH is 1. The summed E-state index contributed by atoms with van der Waals surface area (Å²) < 4.78 is 2.46. The van der Waals surface area contributed by atoms with Crippen LogP contribution in [0.1, 0.15) is 23.7 Å². The second-order valence-electron chi connectivity index (χ2n) is 3.35. The van der Waals surface area contributed by atoms with Gasteiger partial charge >= 0.3 is 0 Å². The Morgan fingerprint density at radius 1 is 1.56 bits per heavy atom. The highest BCUT2D eigenvalue weighted by molar-refractivity contribution is 7.16. The molecule has 6 heteroatoms. The van der Waals surface area contributed by atoms with Crippen molar-refractivity contribution in [2.75, 3.05) is 0 Å². The third-order valence-corrected chi connectivity index (χ3v) is 3.63. The number of thiophene rings is 1. The van der Waals surface area contributed by atoms with Crippen LogP contribution in [-0.2, 0) is 13.0 Å². The fourth-order valence-electron chi connectivity index (χ4n) is 1.49. The van der Waals surface area contributed by atoms with Gasteiger partial charge in [0.05, 0.1) is 10.4 Å². The van der Waals surface area contributed by atoms with Crippen LogP contribution in [0, 0.1) is 0 Å². The molecule has 1 N–H and O–H groups in total. The van der Waals surface area contributed by atoms with E-state index in [1.165, 1.54) is 17.7 Å². The summed E-state index contributed by atoms with van der Waals surface area (Å²) in [5.74, 6) is 0.791. The highest BCUT2D eigenvalue weighted by Crippen LogP contribution is 2.28. The fraction of sp³-hybridized carbons (Fsp3) is 0.400. The van der Waals surface area contributed by atoms with Crippen molar-refractivity contribution in [3.63, 3.8) is 0 Å². The van der Waals surface area contributed by atoms with E-state index in [-0.39, 0.29) is 0 Å². The van der Waals surface area contributed by atoms with E-state index in [0.29, 0.717) is 10.8 Å². The molecular weight excluding hydrogens is 246 g/mol. The number of hydrogen-bond acceptors (Lipinski definition) is 4. The third kappa shape index (κ3) is 2.42. The Morgan fingerprint density at radius 2 is 2.38 bits per heavy atom. The van der Waals surface area contributed by atoms with Gasteiger partial charge in [-0.2, -0.15) is 5.10 Å². The van der Waals surface area contributed by atoms with Gasteiger partial charge in [-0.15, -0.1) is 11.3 Å². The zero-order valence-electron chi connectivity index (χ0n) is 8.80. The molecular formula is C10H12ClN3OS. The Hall–Kier alpha value is -0.910. The summed E-state index contributed by atoms with van der Waals surface area (Å²) in [4.78, 5) is 4.98. The largest absolute Gasteiger partial charge is 0.387 e. The molecule has 0 fully saturated rings. The lowest BCUT2D eigenvalue weighted by Crippen LogP contribution is -2.08. The van der Waals surface area contributed by atoms with Crippen LogP contribution in [0.2, 0.25) is 4.34 Å². The first-order valence-corrected chi connectivity index (χ1v) is 6.20. The highest BCUT2D eigenvalue weighted by Gasteiger charge is 2.14. The van der Waals surface area contributed by atoms with Gasteiger partial charge in [0.2, 0.25) is 0 Å². The van der Waals surface area contributed by atoms with E-state index in [1.807, 2.05) is 13.0 Å². The molecule has 2 heterocycles. The standard InChI is InChI=1S/C10H12ClN3OS/c1-2-14-10(12-6-13-14)5-7(15)8-3-4-9(11)16-8/h3-4,6-7,15H,2,5H2,1H3. The zero-order valence-corrected chi connectivity index (χ0v) is 10.4. The first kappa shape index (κ1) is 11.6. The van der Waals surface area contributed by atoms with Crippen molar-refractivity contribution < 1.29 is 5.11 Å². The SMILES string of the molecule is CCn1ncnc1CC(O)c1ccc(Cl)s1. The highest BCUT2D eigenvalue weighted by atomic mass is 35.5. The predicted molar refractivity (Wildman–Crippen MR) is 63.7 cm³/mol. The van der Waals surface area contributed by atoms with E-state index in [0.717, 1.165) is 17.2 Å². The van der Waals surface area contributed by atoms with E-state index in [2.05, 4.69) is 10.1 Å². The maximum Gasteiger partial charge on any atom is 0.138 e. The molecule has 0 radical (unpaired) electrons. The van der Waals surface area contributed by atoms with Crippen LogP contribution in [-0.4, -0.2) is 19.9 Å². The van der Waals surface area contributed by atoms with Gasteiger partial charge in [-0.05, 0) is 19.1 Å². The van der Waals surface area contributed by atoms with Crippen LogP contribution < -0.4 is 0 Å². The molecule has 0 aliphatic rings. The van der Waals surface area contributed by atoms with Gasteiger partial charge in [0, 0.05) is 17.8 Å². The fourth-order valence-corrected chi connectivity index (χ4v) is 2.54. The third-order valence-electron chi connectivity index (χ3n) is 2.29. The van der Waals surface area contributed by atoms with E-state index in [1.54, 1.807) is 10.7 Å². The zero-order chi connectivity index (χ0) is 11.5. The molecule has 2 aromatic rings. The molecule has 4 nitrogen and oxygen atoms in total. The second kappa shape index (κ2) is 4.95. The first-order chi connectivity index (χ1) is 7.70. The molecule has 0 aliphatic carbocycles. The molecule has 2 rings (SSSR count). The van der Waals surface area contributed by atoms with Crippen molar-refractivity contribution in [3.8, 4) is 0 Å². The Labute approximate surface area is 103 Å². The second-order valence-corrected chi connectivity index (χ2v) is 5.10. The van der Waals surface area contributed by atoms with Crippen LogP contribution in [0.3, 0.4) is 0 Å². The lowest BCUT2D eigenvalue weighted by molar-refractivity contribution is 0.178. The predicted octanol–water partition coefficient (Wildman–Crippen LogP) is 2.29. The van der Waals surface area contributed by atoms with Gasteiger partial charge < -0.3 is 5.11 Å². The van der Waals surface area contributed by atoms with Crippen LogP contribution in [0.4, 0.5) is 0 Å². The average Bonchev–Trinajstić information content (AvgIpc) is 2.86. The summed E-state index contributed by atoms with van der Waals surface area (Å²) in [5.41, 5.74) is 0. The molecule has 2 aromatic heterocycles. The average molecular weight is 258 g/mol. The minimum atomic E-state index is -0.563. The smallest absolute Gasteiger partial charge is 0.138 e. The van der Waals surface area contributed by atoms with Crippen LogP contribution in [0.15, 0.2) is 18.5 Å². The lowest BCUT2D eigenvalue weighted by Gasteiger charge is -2.08. The number of nitrogens with zero attached hydrogens (tertiary/aromatic N) is 3. The van der Waals surface area contributed by atoms with Crippen molar-refractivity contribution in [2.45, 2.75) is 26.0 Å². The Balaban J connectivity index is 2.10. The van der Waals surface area contributed by atoms with Crippen molar-refractivity contribution >= 4 is 22.9 Å². The summed E-state index contributed by atoms with van der Waals surface area (Å²) in [6.07, 6.45) is 1.41. The molecule has 0 aromatic carbocycles. The Kier molecular flexibility index (Phi) is 3.58. The van der Waals surface area contributed by atoms with Gasteiger partial charge in [-0.1, -0.05) is 11.6 Å². The molecule has 86 valence electrons. The molecule has 1 unspecified atom stereocenters. The van der Waals surface area contributed by atoms with Gasteiger partial charge in [-0.25, -0.2) is 4.98 Å². The van der Waals surface area contributed by atoms with Crippen molar-refractivity contribution in [1.82, 2.24) is 14.8 Å². The molecule has 0 spiro atoms. The molecule has 0 bridgehead atoms. The molecule has 16 heavy (non-hydrogen) atoms. The molecule has 0 saturated carbocycles. The van der Waals surface area contributed by atoms with Crippen molar-refractivity contribution in [3.05, 3.63) is 33.5 Å². The number of aliphatic hydroxyl groups is 1. The minimum Gasteiger partial charge on any atom is -0.387 e. The summed E-state index contributed by atoms with van der Waals surface area (Å²) >= 11 is 7.21. The first-order valence-electron chi connectivity index (χ1n) is 5.00. The summed E-state index contributed by atoms with van der Waals surface area (Å²) in [7, 11) is 0. The monoisotopic (exact) mass is 257 g/mol. The maximum absolute atomic E-state index is 10.00. The number of aromatic nitrogens is 3. The lowest BCUT2D eigenvalue weighted by atomic mass is 10.2. The van der Waals surface area contributed by atoms with Crippen molar-refractivity contribution in [1.29, 1.82) is 0 Å². The summed E-state index contributed by atoms with van der Waals surface area (Å²) in [5, 5.41) is 14.1. The van der Waals surface area contributed by atoms with Crippen LogP contribution in [0.25, 0.3) is 0 Å². The maximum atomic E-state index is 10.00. The van der Waals surface area contributed by atoms with Crippen LogP contribution in [0.5, 0.6) is 0 Å². The van der Waals surface area contributed by atoms with Gasteiger partial charge in [-0.3, -0.25) is 4.68 Å². The van der Waals surface area contributed by atoms with Crippen LogP contribution >= 0.6 is 22.9 Å². The number of aryl methyl sites for hydroxylation is 1. The van der Waals surface area contributed by atoms with E-state index < -0.39 is 6.10 Å². The summed E-state index contributed by atoms with van der Waals surface area (Å²) in [6, 6.07) is 3.62. The quantitative estimate of drug-likeness (QED) is 0.914. The van der Waals surface area contributed by atoms with E-state index >= 15 is 0 Å². The summed E-state index contributed by atoms with van der Waals surface area (Å²) in [6.45, 7) is 2.75. The topological polar surface area (TPSA) is 50.9 Å². The molecule has 1 atom stereocenters. The Bertz CT molecular complexity index is 468. The Morgan fingerprint density at radius 3 is 3.00 bits per heavy atom.